The van der Waals surface area contributed by atoms with Gasteiger partial charge in [-0.2, -0.15) is 5.26 Å². The van der Waals surface area contributed by atoms with Crippen LogP contribution >= 0.6 is 0 Å². The number of aromatic amines is 1. The number of carbonyl (C=O) groups excluding carboxylic acids is 1. The summed E-state index contributed by atoms with van der Waals surface area (Å²) in [5.41, 5.74) is 3.02. The van der Waals surface area contributed by atoms with E-state index in [0.29, 0.717) is 12.8 Å². The fourth-order valence-electron chi connectivity index (χ4n) is 4.26. The van der Waals surface area contributed by atoms with Gasteiger partial charge in [-0.15, -0.1) is 0 Å². The lowest BCUT2D eigenvalue weighted by Gasteiger charge is -2.48. The van der Waals surface area contributed by atoms with Crippen molar-refractivity contribution in [3.8, 4) is 6.07 Å². The van der Waals surface area contributed by atoms with E-state index in [4.69, 9.17) is 0 Å². The quantitative estimate of drug-likeness (QED) is 0.877. The molecule has 1 fully saturated rings. The predicted octanol–water partition coefficient (Wildman–Crippen LogP) is 3.31. The van der Waals surface area contributed by atoms with Gasteiger partial charge >= 0.3 is 0 Å². The van der Waals surface area contributed by atoms with Crippen molar-refractivity contribution in [3.63, 3.8) is 0 Å². The zero-order valence-corrected chi connectivity index (χ0v) is 12.7. The molecule has 1 N–H and O–H groups in total. The van der Waals surface area contributed by atoms with Crippen LogP contribution in [0, 0.1) is 16.7 Å². The van der Waals surface area contributed by atoms with Gasteiger partial charge in [0.25, 0.3) is 0 Å². The summed E-state index contributed by atoms with van der Waals surface area (Å²) in [5.74, 6) is 0.189. The number of aromatic nitrogens is 1. The molecule has 0 spiro atoms. The van der Waals surface area contributed by atoms with Crippen molar-refractivity contribution in [2.75, 3.05) is 6.54 Å². The highest BCUT2D eigenvalue weighted by Crippen LogP contribution is 2.51. The van der Waals surface area contributed by atoms with Crippen LogP contribution in [-0.2, 0) is 11.2 Å². The summed E-state index contributed by atoms with van der Waals surface area (Å²) in [5, 5.41) is 11.1. The summed E-state index contributed by atoms with van der Waals surface area (Å²) >= 11 is 0. The lowest BCUT2D eigenvalue weighted by Crippen LogP contribution is -2.51. The van der Waals surface area contributed by atoms with Crippen molar-refractivity contribution in [2.45, 2.75) is 38.6 Å². The molecule has 1 aromatic carbocycles. The number of rotatable bonds is 1. The summed E-state index contributed by atoms with van der Waals surface area (Å²) in [6.07, 6.45) is 2.79. The van der Waals surface area contributed by atoms with Gasteiger partial charge in [0.15, 0.2) is 0 Å². The maximum atomic E-state index is 12.4. The highest BCUT2D eigenvalue weighted by Gasteiger charge is 2.50. The first-order valence-corrected chi connectivity index (χ1v) is 8.00. The standard InChI is InChI=1S/C18H19N3O/c1-2-18(11-19)9-7-15(22)21-10-8-13-12-5-3-4-6-14(12)20-16(13)17(18)21/h3-6,17,20H,2,7-10H2,1H3/t17-,18-/m0/s1. The van der Waals surface area contributed by atoms with Gasteiger partial charge in [-0.3, -0.25) is 4.79 Å². The summed E-state index contributed by atoms with van der Waals surface area (Å²) < 4.78 is 0. The number of fused-ring (bicyclic) bond motifs is 5. The molecule has 0 unspecified atom stereocenters. The zero-order valence-electron chi connectivity index (χ0n) is 12.7. The molecule has 4 heteroatoms. The van der Waals surface area contributed by atoms with E-state index >= 15 is 0 Å². The number of nitrogens with one attached hydrogen (secondary N) is 1. The molecule has 1 aromatic heterocycles. The number of hydrogen-bond donors (Lipinski definition) is 1. The van der Waals surface area contributed by atoms with E-state index in [1.165, 1.54) is 10.9 Å². The molecular formula is C18H19N3O. The smallest absolute Gasteiger partial charge is 0.223 e. The van der Waals surface area contributed by atoms with Gasteiger partial charge in [-0.05, 0) is 30.9 Å². The molecule has 2 aromatic rings. The molecule has 1 amide bonds. The molecule has 1 saturated heterocycles. The second-order valence-electron chi connectivity index (χ2n) is 6.42. The molecule has 4 rings (SSSR count). The number of nitriles is 1. The second kappa shape index (κ2) is 4.61. The highest BCUT2D eigenvalue weighted by molar-refractivity contribution is 5.86. The summed E-state index contributed by atoms with van der Waals surface area (Å²) in [4.78, 5) is 17.8. The molecule has 22 heavy (non-hydrogen) atoms. The Morgan fingerprint density at radius 1 is 1.41 bits per heavy atom. The van der Waals surface area contributed by atoms with E-state index in [1.54, 1.807) is 0 Å². The molecule has 0 saturated carbocycles. The van der Waals surface area contributed by atoms with E-state index in [-0.39, 0.29) is 11.9 Å². The van der Waals surface area contributed by atoms with Gasteiger partial charge in [0.05, 0.1) is 17.5 Å². The van der Waals surface area contributed by atoms with Gasteiger partial charge < -0.3 is 9.88 Å². The Bertz CT molecular complexity index is 800. The minimum atomic E-state index is -0.468. The minimum absolute atomic E-state index is 0.125. The van der Waals surface area contributed by atoms with Crippen LogP contribution in [0.3, 0.4) is 0 Å². The third-order valence-corrected chi connectivity index (χ3v) is 5.52. The van der Waals surface area contributed by atoms with Crippen LogP contribution in [0.2, 0.25) is 0 Å². The Balaban J connectivity index is 1.96. The third kappa shape index (κ3) is 1.60. The fourth-order valence-corrected chi connectivity index (χ4v) is 4.26. The number of nitrogens with zero attached hydrogens (tertiary/aromatic N) is 2. The molecule has 2 atom stereocenters. The lowest BCUT2D eigenvalue weighted by atomic mass is 9.69. The number of H-pyrrole nitrogens is 1. The zero-order chi connectivity index (χ0) is 15.3. The van der Waals surface area contributed by atoms with Gasteiger partial charge in [0.1, 0.15) is 0 Å². The molecule has 4 nitrogen and oxygen atoms in total. The van der Waals surface area contributed by atoms with E-state index in [9.17, 15) is 10.1 Å². The van der Waals surface area contributed by atoms with Crippen molar-refractivity contribution >= 4 is 16.8 Å². The Hall–Kier alpha value is -2.28. The third-order valence-electron chi connectivity index (χ3n) is 5.52. The SMILES string of the molecule is CC[C@@]1(C#N)CCC(=O)N2CCc3c([nH]c4ccccc34)[C@H]21. The lowest BCUT2D eigenvalue weighted by molar-refractivity contribution is -0.142. The maximum Gasteiger partial charge on any atom is 0.223 e. The van der Waals surface area contributed by atoms with E-state index in [1.807, 2.05) is 17.0 Å². The van der Waals surface area contributed by atoms with E-state index < -0.39 is 5.41 Å². The number of amides is 1. The van der Waals surface area contributed by atoms with E-state index in [0.717, 1.165) is 30.6 Å². The van der Waals surface area contributed by atoms with Crippen LogP contribution in [-0.4, -0.2) is 22.3 Å². The van der Waals surface area contributed by atoms with Gasteiger partial charge in [0.2, 0.25) is 5.91 Å². The van der Waals surface area contributed by atoms with Gasteiger partial charge in [0, 0.05) is 29.6 Å². The number of carbonyl (C=O) groups is 1. The average Bonchev–Trinajstić information content (AvgIpc) is 2.94. The second-order valence-corrected chi connectivity index (χ2v) is 6.42. The molecule has 0 radical (unpaired) electrons. The van der Waals surface area contributed by atoms with Gasteiger partial charge in [-0.1, -0.05) is 25.1 Å². The first-order valence-electron chi connectivity index (χ1n) is 8.00. The Labute approximate surface area is 129 Å². The molecular weight excluding hydrogens is 274 g/mol. The largest absolute Gasteiger partial charge is 0.356 e. The number of piperidine rings is 1. The van der Waals surface area contributed by atoms with Crippen LogP contribution in [0.1, 0.15) is 43.5 Å². The first-order chi connectivity index (χ1) is 10.7. The molecule has 0 bridgehead atoms. The molecule has 112 valence electrons. The topological polar surface area (TPSA) is 59.9 Å². The van der Waals surface area contributed by atoms with Crippen LogP contribution in [0.15, 0.2) is 24.3 Å². The van der Waals surface area contributed by atoms with Crippen molar-refractivity contribution in [3.05, 3.63) is 35.5 Å². The number of hydrogen-bond acceptors (Lipinski definition) is 2. The van der Waals surface area contributed by atoms with Crippen molar-refractivity contribution in [1.82, 2.24) is 9.88 Å². The van der Waals surface area contributed by atoms with E-state index in [2.05, 4.69) is 30.1 Å². The number of benzene rings is 1. The normalized spacial score (nSPS) is 27.4. The minimum Gasteiger partial charge on any atom is -0.356 e. The summed E-state index contributed by atoms with van der Waals surface area (Å²) in [6, 6.07) is 10.7. The van der Waals surface area contributed by atoms with Crippen LogP contribution < -0.4 is 0 Å². The van der Waals surface area contributed by atoms with Crippen molar-refractivity contribution in [2.24, 2.45) is 5.41 Å². The predicted molar refractivity (Wildman–Crippen MR) is 84.0 cm³/mol. The average molecular weight is 293 g/mol. The fraction of sp³-hybridized carbons (Fsp3) is 0.444. The maximum absolute atomic E-state index is 12.4. The van der Waals surface area contributed by atoms with Crippen LogP contribution in [0.4, 0.5) is 0 Å². The molecule has 2 aliphatic heterocycles. The van der Waals surface area contributed by atoms with Crippen molar-refractivity contribution < 1.29 is 4.79 Å². The van der Waals surface area contributed by atoms with Crippen molar-refractivity contribution in [1.29, 1.82) is 5.26 Å². The van der Waals surface area contributed by atoms with Crippen LogP contribution in [0.5, 0.6) is 0 Å². The molecule has 0 aliphatic carbocycles. The monoisotopic (exact) mass is 293 g/mol. The van der Waals surface area contributed by atoms with Gasteiger partial charge in [-0.25, -0.2) is 0 Å². The number of para-hydroxylation sites is 1. The molecule has 3 heterocycles. The first kappa shape index (κ1) is 13.4. The summed E-state index contributed by atoms with van der Waals surface area (Å²) in [6.45, 7) is 2.79. The summed E-state index contributed by atoms with van der Waals surface area (Å²) in [7, 11) is 0. The Morgan fingerprint density at radius 2 is 2.23 bits per heavy atom. The van der Waals surface area contributed by atoms with Crippen LogP contribution in [0.25, 0.3) is 10.9 Å². The Kier molecular flexibility index (Phi) is 2.80. The highest BCUT2D eigenvalue weighted by atomic mass is 16.2. The Morgan fingerprint density at radius 3 is 3.00 bits per heavy atom. The molecule has 2 aliphatic rings.